The average molecular weight is 341 g/mol. The molecule has 0 aromatic heterocycles. The lowest BCUT2D eigenvalue weighted by atomic mass is 10.3. The number of anilines is 1. The van der Waals surface area contributed by atoms with E-state index in [9.17, 15) is 8.42 Å². The fourth-order valence-electron chi connectivity index (χ4n) is 1.85. The number of hydrogen-bond acceptors (Lipinski definition) is 4. The fourth-order valence-corrected chi connectivity index (χ4v) is 4.47. The molecule has 1 rings (SSSR count). The van der Waals surface area contributed by atoms with Crippen LogP contribution in [0, 0.1) is 0 Å². The first-order valence-electron chi connectivity index (χ1n) is 6.09. The summed E-state index contributed by atoms with van der Waals surface area (Å²) >= 11 is 11.8. The zero-order valence-corrected chi connectivity index (χ0v) is 13.6. The third kappa shape index (κ3) is 3.77. The molecule has 0 spiro atoms. The highest BCUT2D eigenvalue weighted by Crippen LogP contribution is 2.33. The summed E-state index contributed by atoms with van der Waals surface area (Å²) < 4.78 is 26.6. The van der Waals surface area contributed by atoms with E-state index < -0.39 is 10.0 Å². The van der Waals surface area contributed by atoms with Crippen molar-refractivity contribution >= 4 is 38.9 Å². The standard InChI is InChI=1S/C12H18Cl2N2O3S/c1-8(2)16(4-3-5-17)20(18,19)12-10(14)6-9(13)7-11(12)15/h6-8,17H,3-5,15H2,1-2H3. The third-order valence-electron chi connectivity index (χ3n) is 2.72. The monoisotopic (exact) mass is 340 g/mol. The van der Waals surface area contributed by atoms with E-state index in [2.05, 4.69) is 0 Å². The van der Waals surface area contributed by atoms with Gasteiger partial charge in [0.05, 0.1) is 10.7 Å². The molecule has 0 aliphatic rings. The van der Waals surface area contributed by atoms with Crippen LogP contribution in [0.1, 0.15) is 20.3 Å². The van der Waals surface area contributed by atoms with Crippen LogP contribution in [0.25, 0.3) is 0 Å². The van der Waals surface area contributed by atoms with Crippen molar-refractivity contribution in [1.82, 2.24) is 4.31 Å². The first kappa shape index (κ1) is 17.5. The molecular weight excluding hydrogens is 323 g/mol. The van der Waals surface area contributed by atoms with Gasteiger partial charge >= 0.3 is 0 Å². The Morgan fingerprint density at radius 3 is 2.40 bits per heavy atom. The molecule has 0 unspecified atom stereocenters. The van der Waals surface area contributed by atoms with Gasteiger partial charge < -0.3 is 10.8 Å². The Morgan fingerprint density at radius 1 is 1.35 bits per heavy atom. The van der Waals surface area contributed by atoms with Crippen molar-refractivity contribution in [3.05, 3.63) is 22.2 Å². The van der Waals surface area contributed by atoms with Crippen molar-refractivity contribution in [3.8, 4) is 0 Å². The lowest BCUT2D eigenvalue weighted by Crippen LogP contribution is -2.38. The minimum absolute atomic E-state index is 0.00958. The highest BCUT2D eigenvalue weighted by atomic mass is 35.5. The van der Waals surface area contributed by atoms with Crippen LogP contribution >= 0.6 is 23.2 Å². The van der Waals surface area contributed by atoms with E-state index in [-0.39, 0.29) is 39.8 Å². The zero-order valence-electron chi connectivity index (χ0n) is 11.3. The van der Waals surface area contributed by atoms with Crippen molar-refractivity contribution in [2.45, 2.75) is 31.2 Å². The van der Waals surface area contributed by atoms with E-state index in [1.807, 2.05) is 0 Å². The molecule has 114 valence electrons. The third-order valence-corrected chi connectivity index (χ3v) is 5.54. The molecule has 0 amide bonds. The van der Waals surface area contributed by atoms with Crippen LogP contribution in [0.2, 0.25) is 10.0 Å². The van der Waals surface area contributed by atoms with Gasteiger partial charge in [0.15, 0.2) is 0 Å². The lowest BCUT2D eigenvalue weighted by molar-refractivity contribution is 0.258. The van der Waals surface area contributed by atoms with Crippen LogP contribution in [0.15, 0.2) is 17.0 Å². The van der Waals surface area contributed by atoms with Crippen LogP contribution in [-0.2, 0) is 10.0 Å². The van der Waals surface area contributed by atoms with Gasteiger partial charge in [-0.15, -0.1) is 0 Å². The zero-order chi connectivity index (χ0) is 15.5. The summed E-state index contributed by atoms with van der Waals surface area (Å²) in [6.07, 6.45) is 0.336. The summed E-state index contributed by atoms with van der Waals surface area (Å²) in [6, 6.07) is 2.42. The number of benzene rings is 1. The second-order valence-corrected chi connectivity index (χ2v) is 7.26. The van der Waals surface area contributed by atoms with Crippen LogP contribution < -0.4 is 5.73 Å². The Labute approximate surface area is 129 Å². The number of halogens is 2. The number of nitrogen functional groups attached to an aromatic ring is 1. The molecule has 0 atom stereocenters. The topological polar surface area (TPSA) is 83.6 Å². The van der Waals surface area contributed by atoms with Gasteiger partial charge in [-0.05, 0) is 32.4 Å². The summed E-state index contributed by atoms with van der Waals surface area (Å²) in [7, 11) is -3.84. The molecule has 0 saturated carbocycles. The van der Waals surface area contributed by atoms with E-state index in [1.54, 1.807) is 13.8 Å². The first-order valence-corrected chi connectivity index (χ1v) is 8.28. The van der Waals surface area contributed by atoms with Crippen LogP contribution in [0.3, 0.4) is 0 Å². The molecule has 0 fully saturated rings. The Balaban J connectivity index is 3.34. The van der Waals surface area contributed by atoms with Crippen LogP contribution in [0.4, 0.5) is 5.69 Å². The maximum atomic E-state index is 12.7. The Morgan fingerprint density at radius 2 is 1.95 bits per heavy atom. The minimum Gasteiger partial charge on any atom is -0.398 e. The molecule has 0 bridgehead atoms. The molecular formula is C12H18Cl2N2O3S. The molecule has 1 aromatic rings. The average Bonchev–Trinajstić information content (AvgIpc) is 2.26. The minimum atomic E-state index is -3.84. The van der Waals surface area contributed by atoms with Gasteiger partial charge in [-0.25, -0.2) is 8.42 Å². The number of hydrogen-bond donors (Lipinski definition) is 2. The maximum Gasteiger partial charge on any atom is 0.246 e. The van der Waals surface area contributed by atoms with E-state index in [0.29, 0.717) is 6.42 Å². The maximum absolute atomic E-state index is 12.7. The highest BCUT2D eigenvalue weighted by molar-refractivity contribution is 7.89. The van der Waals surface area contributed by atoms with E-state index >= 15 is 0 Å². The molecule has 0 heterocycles. The predicted molar refractivity (Wildman–Crippen MR) is 81.6 cm³/mol. The largest absolute Gasteiger partial charge is 0.398 e. The van der Waals surface area contributed by atoms with Gasteiger partial charge in [0.2, 0.25) is 10.0 Å². The molecule has 5 nitrogen and oxygen atoms in total. The lowest BCUT2D eigenvalue weighted by Gasteiger charge is -2.26. The van der Waals surface area contributed by atoms with Crippen molar-refractivity contribution in [2.75, 3.05) is 18.9 Å². The summed E-state index contributed by atoms with van der Waals surface area (Å²) in [5.41, 5.74) is 5.76. The highest BCUT2D eigenvalue weighted by Gasteiger charge is 2.30. The smallest absolute Gasteiger partial charge is 0.246 e. The normalized spacial score (nSPS) is 12.3. The quantitative estimate of drug-likeness (QED) is 0.778. The summed E-state index contributed by atoms with van der Waals surface area (Å²) in [6.45, 7) is 3.58. The summed E-state index contributed by atoms with van der Waals surface area (Å²) in [5.74, 6) is 0. The molecule has 0 aliphatic carbocycles. The van der Waals surface area contributed by atoms with Crippen LogP contribution in [-0.4, -0.2) is 37.0 Å². The molecule has 0 saturated heterocycles. The SMILES string of the molecule is CC(C)N(CCCO)S(=O)(=O)c1c(N)cc(Cl)cc1Cl. The Hall–Kier alpha value is -0.530. The Bertz CT molecular complexity index is 553. The Kier molecular flexibility index (Phi) is 6.09. The van der Waals surface area contributed by atoms with Crippen molar-refractivity contribution in [3.63, 3.8) is 0 Å². The number of aliphatic hydroxyl groups is 1. The molecule has 3 N–H and O–H groups in total. The van der Waals surface area contributed by atoms with Crippen LogP contribution in [0.5, 0.6) is 0 Å². The first-order chi connectivity index (χ1) is 9.21. The second kappa shape index (κ2) is 6.95. The van der Waals surface area contributed by atoms with Gasteiger partial charge in [-0.3, -0.25) is 0 Å². The number of sulfonamides is 1. The number of rotatable bonds is 6. The summed E-state index contributed by atoms with van der Waals surface area (Å²) in [4.78, 5) is -0.143. The second-order valence-electron chi connectivity index (χ2n) is 4.59. The van der Waals surface area contributed by atoms with Gasteiger partial charge in [-0.1, -0.05) is 23.2 Å². The van der Waals surface area contributed by atoms with Gasteiger partial charge in [0.1, 0.15) is 4.90 Å². The molecule has 1 aromatic carbocycles. The predicted octanol–water partition coefficient (Wildman–Crippen LogP) is 2.36. The number of aliphatic hydroxyl groups excluding tert-OH is 1. The van der Waals surface area contributed by atoms with Gasteiger partial charge in [-0.2, -0.15) is 4.31 Å². The van der Waals surface area contributed by atoms with E-state index in [0.717, 1.165) is 0 Å². The van der Waals surface area contributed by atoms with Gasteiger partial charge in [0.25, 0.3) is 0 Å². The van der Waals surface area contributed by atoms with E-state index in [1.165, 1.54) is 16.4 Å². The molecule has 0 aliphatic heterocycles. The number of nitrogens with zero attached hydrogens (tertiary/aromatic N) is 1. The van der Waals surface area contributed by atoms with Crippen molar-refractivity contribution < 1.29 is 13.5 Å². The molecule has 20 heavy (non-hydrogen) atoms. The van der Waals surface area contributed by atoms with Gasteiger partial charge in [0, 0.05) is 24.2 Å². The van der Waals surface area contributed by atoms with E-state index in [4.69, 9.17) is 34.0 Å². The van der Waals surface area contributed by atoms with Crippen molar-refractivity contribution in [2.24, 2.45) is 0 Å². The number of nitrogens with two attached hydrogens (primary N) is 1. The molecule has 8 heteroatoms. The molecule has 0 radical (unpaired) electrons. The summed E-state index contributed by atoms with van der Waals surface area (Å²) in [5, 5.41) is 9.16. The van der Waals surface area contributed by atoms with Crippen molar-refractivity contribution in [1.29, 1.82) is 0 Å². The fraction of sp³-hybridized carbons (Fsp3) is 0.500.